The molecule has 0 atom stereocenters. The molecule has 0 rings (SSSR count). The molecule has 0 amide bonds. The van der Waals surface area contributed by atoms with E-state index >= 15 is 0 Å². The molecule has 0 aliphatic carbocycles. The summed E-state index contributed by atoms with van der Waals surface area (Å²) >= 11 is 0. The fourth-order valence-electron chi connectivity index (χ4n) is 0.266. The second kappa shape index (κ2) is 2.86. The van der Waals surface area contributed by atoms with Gasteiger partial charge in [-0.2, -0.15) is 0 Å². The van der Waals surface area contributed by atoms with Crippen LogP contribution in [0.5, 0.6) is 0 Å². The van der Waals surface area contributed by atoms with Crippen molar-refractivity contribution in [3.8, 4) is 0 Å². The van der Waals surface area contributed by atoms with Crippen molar-refractivity contribution < 1.29 is 19.8 Å². The summed E-state index contributed by atoms with van der Waals surface area (Å²) in [4.78, 5) is 19.8. The molecule has 0 unspecified atom stereocenters. The van der Waals surface area contributed by atoms with Gasteiger partial charge in [0, 0.05) is 0 Å². The van der Waals surface area contributed by atoms with Crippen molar-refractivity contribution in [1.82, 2.24) is 0 Å². The zero-order chi connectivity index (χ0) is 7.44. The lowest BCUT2D eigenvalue weighted by molar-refractivity contribution is -0.142. The van der Waals surface area contributed by atoms with Crippen molar-refractivity contribution in [2.75, 3.05) is 0 Å². The second-order valence-electron chi connectivity index (χ2n) is 1.23. The average Bonchev–Trinajstić information content (AvgIpc) is 1.64. The quantitative estimate of drug-likeness (QED) is 0.522. The van der Waals surface area contributed by atoms with Crippen LogP contribution in [-0.2, 0) is 9.59 Å². The molecule has 0 heterocycles. The van der Waals surface area contributed by atoms with Gasteiger partial charge in [0.05, 0.1) is 0 Å². The first-order valence-corrected chi connectivity index (χ1v) is 2.05. The Labute approximate surface area is 51.4 Å². The molecular weight excluding hydrogens is 124 g/mol. The largest absolute Gasteiger partial charge is 0.480 e. The summed E-state index contributed by atoms with van der Waals surface area (Å²) in [6.07, 6.45) is 0.782. The van der Waals surface area contributed by atoms with Gasteiger partial charge in [-0.3, -0.25) is 9.59 Å². The van der Waals surface area contributed by atoms with Crippen LogP contribution in [-0.4, -0.2) is 22.2 Å². The first-order chi connectivity index (χ1) is 4.09. The lowest BCUT2D eigenvalue weighted by Gasteiger charge is -1.95. The summed E-state index contributed by atoms with van der Waals surface area (Å²) in [7, 11) is 0. The smallest absolute Gasteiger partial charge is 0.327 e. The van der Waals surface area contributed by atoms with E-state index in [1.807, 2.05) is 0 Å². The first kappa shape index (κ1) is 7.68. The molecule has 1 radical (unpaired) electrons. The number of carboxylic acid groups (broad SMARTS) is 2. The van der Waals surface area contributed by atoms with Crippen LogP contribution >= 0.6 is 0 Å². The predicted molar refractivity (Wildman–Crippen MR) is 28.7 cm³/mol. The molecule has 9 heavy (non-hydrogen) atoms. The van der Waals surface area contributed by atoms with E-state index in [2.05, 4.69) is 6.58 Å². The van der Waals surface area contributed by atoms with Gasteiger partial charge in [0.2, 0.25) is 5.92 Å². The van der Waals surface area contributed by atoms with Crippen LogP contribution in [0.2, 0.25) is 0 Å². The third kappa shape index (κ3) is 1.94. The highest BCUT2D eigenvalue weighted by Gasteiger charge is 2.22. The van der Waals surface area contributed by atoms with Gasteiger partial charge in [0.1, 0.15) is 0 Å². The Bertz CT molecular complexity index is 135. The van der Waals surface area contributed by atoms with Crippen molar-refractivity contribution in [3.05, 3.63) is 18.6 Å². The molecule has 0 saturated carbocycles. The third-order valence-electron chi connectivity index (χ3n) is 0.665. The molecule has 2 N–H and O–H groups in total. The molecule has 0 aliphatic rings. The molecule has 4 heteroatoms. The summed E-state index contributed by atoms with van der Waals surface area (Å²) < 4.78 is 0. The highest BCUT2D eigenvalue weighted by atomic mass is 16.4. The normalized spacial score (nSPS) is 9.00. The van der Waals surface area contributed by atoms with Gasteiger partial charge < -0.3 is 10.2 Å². The van der Waals surface area contributed by atoms with Crippen LogP contribution in [0.15, 0.2) is 12.7 Å². The Balaban J connectivity index is 4.16. The van der Waals surface area contributed by atoms with Gasteiger partial charge in [-0.05, 0) is 0 Å². The number of rotatable bonds is 3. The number of carbonyl (C=O) groups is 2. The number of hydrogen-bond acceptors (Lipinski definition) is 2. The van der Waals surface area contributed by atoms with Gasteiger partial charge in [-0.15, -0.1) is 6.58 Å². The lowest BCUT2D eigenvalue weighted by Crippen LogP contribution is -2.17. The Kier molecular flexibility index (Phi) is 2.44. The summed E-state index contributed by atoms with van der Waals surface area (Å²) in [6.45, 7) is 3.00. The van der Waals surface area contributed by atoms with Crippen LogP contribution < -0.4 is 0 Å². The minimum absolute atomic E-state index is 0.713. The molecule has 0 aliphatic heterocycles. The average molecular weight is 129 g/mol. The maximum atomic E-state index is 9.88. The standard InChI is InChI=1S/C5H5O4/c1-2-3(4(6)7)5(8)9/h2H,1H2,(H,6,7)(H,8,9). The molecule has 0 bridgehead atoms. The molecule has 0 aromatic rings. The van der Waals surface area contributed by atoms with Gasteiger partial charge in [-0.25, -0.2) is 0 Å². The number of carboxylic acids is 2. The number of aliphatic carboxylic acids is 2. The van der Waals surface area contributed by atoms with Crippen molar-refractivity contribution in [2.24, 2.45) is 0 Å². The molecule has 0 aromatic heterocycles. The van der Waals surface area contributed by atoms with Crippen molar-refractivity contribution in [3.63, 3.8) is 0 Å². The van der Waals surface area contributed by atoms with Gasteiger partial charge in [0.15, 0.2) is 0 Å². The minimum Gasteiger partial charge on any atom is -0.480 e. The molecular formula is C5H5O4. The highest BCUT2D eigenvalue weighted by Crippen LogP contribution is 1.99. The van der Waals surface area contributed by atoms with E-state index in [4.69, 9.17) is 10.2 Å². The van der Waals surface area contributed by atoms with E-state index in [0.717, 1.165) is 6.08 Å². The molecule has 4 nitrogen and oxygen atoms in total. The zero-order valence-corrected chi connectivity index (χ0v) is 4.50. The minimum atomic E-state index is -1.47. The summed E-state index contributed by atoms with van der Waals surface area (Å²) in [6, 6.07) is 0. The third-order valence-corrected chi connectivity index (χ3v) is 0.665. The van der Waals surface area contributed by atoms with Gasteiger partial charge in [0.25, 0.3) is 0 Å². The van der Waals surface area contributed by atoms with Crippen molar-refractivity contribution >= 4 is 11.9 Å². The summed E-state index contributed by atoms with van der Waals surface area (Å²) in [5.74, 6) is -3.66. The fraction of sp³-hybridized carbons (Fsp3) is 0. The SMILES string of the molecule is C=C[C](C(=O)O)C(=O)O. The number of hydrogen-bond donors (Lipinski definition) is 2. The predicted octanol–water partition coefficient (Wildman–Crippen LogP) is -0.0839. The molecule has 0 saturated heterocycles. The molecule has 0 fully saturated rings. The van der Waals surface area contributed by atoms with Crippen LogP contribution in [0.3, 0.4) is 0 Å². The Morgan fingerprint density at radius 2 is 1.56 bits per heavy atom. The molecule has 0 spiro atoms. The van der Waals surface area contributed by atoms with Crippen LogP contribution in [0, 0.1) is 5.92 Å². The fourth-order valence-corrected chi connectivity index (χ4v) is 0.266. The summed E-state index contributed by atoms with van der Waals surface area (Å²) in [5.41, 5.74) is 0. The van der Waals surface area contributed by atoms with E-state index in [9.17, 15) is 9.59 Å². The summed E-state index contributed by atoms with van der Waals surface area (Å²) in [5, 5.41) is 16.1. The Hall–Kier alpha value is -1.32. The second-order valence-corrected chi connectivity index (χ2v) is 1.23. The van der Waals surface area contributed by atoms with Gasteiger partial charge in [-0.1, -0.05) is 6.08 Å². The monoisotopic (exact) mass is 129 g/mol. The Morgan fingerprint density at radius 3 is 1.56 bits per heavy atom. The topological polar surface area (TPSA) is 74.6 Å². The molecule has 0 aromatic carbocycles. The van der Waals surface area contributed by atoms with Crippen molar-refractivity contribution in [1.29, 1.82) is 0 Å². The zero-order valence-electron chi connectivity index (χ0n) is 4.50. The highest BCUT2D eigenvalue weighted by molar-refractivity contribution is 6.10. The maximum absolute atomic E-state index is 9.88. The Morgan fingerprint density at radius 1 is 1.22 bits per heavy atom. The van der Waals surface area contributed by atoms with E-state index in [-0.39, 0.29) is 0 Å². The van der Waals surface area contributed by atoms with E-state index in [1.54, 1.807) is 0 Å². The van der Waals surface area contributed by atoms with E-state index in [1.165, 1.54) is 0 Å². The maximum Gasteiger partial charge on any atom is 0.327 e. The van der Waals surface area contributed by atoms with E-state index in [0.29, 0.717) is 0 Å². The van der Waals surface area contributed by atoms with Crippen LogP contribution in [0.1, 0.15) is 0 Å². The van der Waals surface area contributed by atoms with Crippen LogP contribution in [0.4, 0.5) is 0 Å². The first-order valence-electron chi connectivity index (χ1n) is 2.05. The van der Waals surface area contributed by atoms with E-state index < -0.39 is 17.9 Å². The van der Waals surface area contributed by atoms with Gasteiger partial charge >= 0.3 is 11.9 Å². The molecule has 49 valence electrons. The van der Waals surface area contributed by atoms with Crippen LogP contribution in [0.25, 0.3) is 0 Å². The lowest BCUT2D eigenvalue weighted by atomic mass is 10.1. The van der Waals surface area contributed by atoms with Crippen molar-refractivity contribution in [2.45, 2.75) is 0 Å².